The molecule has 1 amide bonds. The maximum Gasteiger partial charge on any atom is 0.224 e. The third kappa shape index (κ3) is 4.19. The predicted octanol–water partition coefficient (Wildman–Crippen LogP) is 0.454. The third-order valence-corrected chi connectivity index (χ3v) is 2.90. The number of aryl methyl sites for hydroxylation is 1. The summed E-state index contributed by atoms with van der Waals surface area (Å²) in [4.78, 5) is 11.8. The number of nitrogens with zero attached hydrogens (tertiary/aromatic N) is 2. The van der Waals surface area contributed by atoms with Crippen LogP contribution in [0.3, 0.4) is 0 Å². The van der Waals surface area contributed by atoms with Crippen LogP contribution in [0.5, 0.6) is 0 Å². The fourth-order valence-electron chi connectivity index (χ4n) is 1.81. The molecule has 0 aliphatic heterocycles. The minimum Gasteiger partial charge on any atom is -0.355 e. The minimum absolute atomic E-state index is 0.0495. The summed E-state index contributed by atoms with van der Waals surface area (Å²) in [6, 6.07) is 1.96. The summed E-state index contributed by atoms with van der Waals surface area (Å²) in [7, 11) is 1.90. The van der Waals surface area contributed by atoms with Gasteiger partial charge in [0.15, 0.2) is 0 Å². The van der Waals surface area contributed by atoms with Crippen molar-refractivity contribution in [2.24, 2.45) is 18.7 Å². The summed E-state index contributed by atoms with van der Waals surface area (Å²) in [5.41, 5.74) is 6.69. The van der Waals surface area contributed by atoms with Crippen molar-refractivity contribution < 1.29 is 4.79 Å². The van der Waals surface area contributed by atoms with E-state index in [2.05, 4.69) is 17.3 Å². The number of nitrogens with two attached hydrogens (primary N) is 1. The van der Waals surface area contributed by atoms with Gasteiger partial charge in [-0.25, -0.2) is 0 Å². The van der Waals surface area contributed by atoms with Crippen molar-refractivity contribution in [2.75, 3.05) is 13.1 Å². The van der Waals surface area contributed by atoms with E-state index in [-0.39, 0.29) is 11.8 Å². The Bertz CT molecular complexity index is 348. The van der Waals surface area contributed by atoms with Crippen LogP contribution in [0, 0.1) is 5.92 Å². The van der Waals surface area contributed by atoms with E-state index in [1.165, 1.54) is 0 Å². The van der Waals surface area contributed by atoms with E-state index in [1.54, 1.807) is 6.20 Å². The van der Waals surface area contributed by atoms with Crippen molar-refractivity contribution in [1.82, 2.24) is 15.1 Å². The number of amides is 1. The first-order valence-corrected chi connectivity index (χ1v) is 6.13. The minimum atomic E-state index is -0.0495. The van der Waals surface area contributed by atoms with Crippen LogP contribution >= 0.6 is 0 Å². The molecule has 17 heavy (non-hydrogen) atoms. The van der Waals surface area contributed by atoms with Crippen molar-refractivity contribution in [1.29, 1.82) is 0 Å². The van der Waals surface area contributed by atoms with Gasteiger partial charge in [-0.15, -0.1) is 0 Å². The van der Waals surface area contributed by atoms with Gasteiger partial charge in [-0.05, 0) is 12.5 Å². The van der Waals surface area contributed by atoms with Gasteiger partial charge in [-0.1, -0.05) is 13.3 Å². The Morgan fingerprint density at radius 1 is 1.65 bits per heavy atom. The molecule has 0 saturated carbocycles. The molecular formula is C12H22N4O. The zero-order chi connectivity index (χ0) is 12.7. The average molecular weight is 238 g/mol. The second-order valence-electron chi connectivity index (χ2n) is 4.21. The van der Waals surface area contributed by atoms with Gasteiger partial charge in [-0.2, -0.15) is 5.10 Å². The lowest BCUT2D eigenvalue weighted by Crippen LogP contribution is -2.36. The molecule has 96 valence electrons. The largest absolute Gasteiger partial charge is 0.355 e. The monoisotopic (exact) mass is 238 g/mol. The van der Waals surface area contributed by atoms with Gasteiger partial charge in [0.05, 0.1) is 5.92 Å². The van der Waals surface area contributed by atoms with Gasteiger partial charge in [0.1, 0.15) is 0 Å². The van der Waals surface area contributed by atoms with Crippen LogP contribution in [-0.2, 0) is 18.3 Å². The Balaban J connectivity index is 2.30. The molecule has 1 heterocycles. The Morgan fingerprint density at radius 2 is 2.41 bits per heavy atom. The van der Waals surface area contributed by atoms with Gasteiger partial charge < -0.3 is 11.1 Å². The number of aromatic nitrogens is 2. The predicted molar refractivity (Wildman–Crippen MR) is 67.4 cm³/mol. The highest BCUT2D eigenvalue weighted by Gasteiger charge is 2.14. The fourth-order valence-corrected chi connectivity index (χ4v) is 1.81. The standard InChI is InChI=1S/C12H22N4O/c1-3-4-10(9-13)12(17)14-7-5-11-6-8-15-16(11)2/h6,8,10H,3-5,7,9,13H2,1-2H3,(H,14,17). The van der Waals surface area contributed by atoms with Crippen molar-refractivity contribution >= 4 is 5.91 Å². The molecule has 0 aliphatic rings. The van der Waals surface area contributed by atoms with E-state index in [4.69, 9.17) is 5.73 Å². The molecule has 0 bridgehead atoms. The first-order chi connectivity index (χ1) is 8.19. The van der Waals surface area contributed by atoms with Crippen molar-refractivity contribution in [3.8, 4) is 0 Å². The lowest BCUT2D eigenvalue weighted by atomic mass is 10.0. The van der Waals surface area contributed by atoms with Gasteiger partial charge in [0, 0.05) is 38.4 Å². The van der Waals surface area contributed by atoms with E-state index in [9.17, 15) is 4.79 Å². The highest BCUT2D eigenvalue weighted by molar-refractivity contribution is 5.78. The van der Waals surface area contributed by atoms with Gasteiger partial charge in [0.2, 0.25) is 5.91 Å². The number of nitrogens with one attached hydrogen (secondary N) is 1. The number of rotatable bonds is 7. The summed E-state index contributed by atoms with van der Waals surface area (Å²) in [6.45, 7) is 3.12. The van der Waals surface area contributed by atoms with Crippen LogP contribution in [0.25, 0.3) is 0 Å². The molecule has 1 unspecified atom stereocenters. The molecule has 3 N–H and O–H groups in total. The molecule has 1 atom stereocenters. The molecule has 5 heteroatoms. The van der Waals surface area contributed by atoms with E-state index >= 15 is 0 Å². The molecule has 0 spiro atoms. The second-order valence-corrected chi connectivity index (χ2v) is 4.21. The lowest BCUT2D eigenvalue weighted by Gasteiger charge is -2.13. The molecule has 1 aromatic rings. The number of hydrogen-bond acceptors (Lipinski definition) is 3. The number of carbonyl (C=O) groups is 1. The van der Waals surface area contributed by atoms with Crippen LogP contribution in [0.1, 0.15) is 25.5 Å². The van der Waals surface area contributed by atoms with Gasteiger partial charge in [0.25, 0.3) is 0 Å². The summed E-state index contributed by atoms with van der Waals surface area (Å²) in [5, 5.41) is 7.00. The van der Waals surface area contributed by atoms with Gasteiger partial charge >= 0.3 is 0 Å². The second kappa shape index (κ2) is 7.06. The average Bonchev–Trinajstić information content (AvgIpc) is 2.72. The SMILES string of the molecule is CCCC(CN)C(=O)NCCc1ccnn1C. The van der Waals surface area contributed by atoms with Crippen LogP contribution < -0.4 is 11.1 Å². The van der Waals surface area contributed by atoms with Crippen LogP contribution in [0.2, 0.25) is 0 Å². The molecule has 0 saturated heterocycles. The maximum absolute atomic E-state index is 11.8. The molecule has 0 aliphatic carbocycles. The fraction of sp³-hybridized carbons (Fsp3) is 0.667. The third-order valence-electron chi connectivity index (χ3n) is 2.90. The molecular weight excluding hydrogens is 216 g/mol. The highest BCUT2D eigenvalue weighted by atomic mass is 16.1. The quantitative estimate of drug-likeness (QED) is 0.724. The smallest absolute Gasteiger partial charge is 0.224 e. The summed E-state index contributed by atoms with van der Waals surface area (Å²) in [6.07, 6.45) is 4.40. The molecule has 0 aromatic carbocycles. The Kier molecular flexibility index (Phi) is 5.69. The van der Waals surface area contributed by atoms with Crippen LogP contribution in [-0.4, -0.2) is 28.8 Å². The van der Waals surface area contributed by atoms with Crippen molar-refractivity contribution in [3.05, 3.63) is 18.0 Å². The first-order valence-electron chi connectivity index (χ1n) is 6.13. The Hall–Kier alpha value is -1.36. The summed E-state index contributed by atoms with van der Waals surface area (Å²) in [5.74, 6) is 0.0167. The highest BCUT2D eigenvalue weighted by Crippen LogP contribution is 2.04. The molecule has 0 radical (unpaired) electrons. The van der Waals surface area contributed by atoms with Crippen molar-refractivity contribution in [3.63, 3.8) is 0 Å². The Morgan fingerprint density at radius 3 is 2.94 bits per heavy atom. The van der Waals surface area contributed by atoms with Crippen LogP contribution in [0.4, 0.5) is 0 Å². The van der Waals surface area contributed by atoms with E-state index in [0.717, 1.165) is 25.0 Å². The first kappa shape index (κ1) is 13.7. The summed E-state index contributed by atoms with van der Waals surface area (Å²) < 4.78 is 1.82. The van der Waals surface area contributed by atoms with Gasteiger partial charge in [-0.3, -0.25) is 9.48 Å². The van der Waals surface area contributed by atoms with E-state index < -0.39 is 0 Å². The maximum atomic E-state index is 11.8. The number of carbonyl (C=O) groups excluding carboxylic acids is 1. The van der Waals surface area contributed by atoms with E-state index in [1.807, 2.05) is 17.8 Å². The zero-order valence-electron chi connectivity index (χ0n) is 10.6. The molecule has 0 fully saturated rings. The van der Waals surface area contributed by atoms with E-state index in [0.29, 0.717) is 13.1 Å². The number of hydrogen-bond donors (Lipinski definition) is 2. The Labute approximate surface area is 102 Å². The molecule has 1 rings (SSSR count). The lowest BCUT2D eigenvalue weighted by molar-refractivity contribution is -0.124. The normalized spacial score (nSPS) is 12.4. The topological polar surface area (TPSA) is 72.9 Å². The van der Waals surface area contributed by atoms with Crippen LogP contribution in [0.15, 0.2) is 12.3 Å². The van der Waals surface area contributed by atoms with Crippen molar-refractivity contribution in [2.45, 2.75) is 26.2 Å². The molecule has 5 nitrogen and oxygen atoms in total. The zero-order valence-corrected chi connectivity index (χ0v) is 10.6. The molecule has 1 aromatic heterocycles. The summed E-state index contributed by atoms with van der Waals surface area (Å²) >= 11 is 0.